The highest BCUT2D eigenvalue weighted by molar-refractivity contribution is 5.95. The van der Waals surface area contributed by atoms with E-state index in [9.17, 15) is 9.59 Å². The fraction of sp³-hybridized carbons (Fsp3) is 0.652. The molecule has 0 bridgehead atoms. The maximum absolute atomic E-state index is 12.8. The number of aryl methyl sites for hydroxylation is 1. The van der Waals surface area contributed by atoms with Crippen molar-refractivity contribution in [2.75, 3.05) is 31.5 Å². The molecule has 1 aliphatic heterocycles. The summed E-state index contributed by atoms with van der Waals surface area (Å²) in [5.74, 6) is 1.37. The molecular formula is C23H35N3O2. The number of piperidine rings is 1. The Morgan fingerprint density at radius 1 is 1.11 bits per heavy atom. The minimum Gasteiger partial charge on any atom is -0.376 e. The number of carbonyl (C=O) groups excluding carboxylic acids is 2. The van der Waals surface area contributed by atoms with E-state index in [0.717, 1.165) is 42.9 Å². The van der Waals surface area contributed by atoms with Gasteiger partial charge in [0.05, 0.1) is 6.54 Å². The Morgan fingerprint density at radius 2 is 1.89 bits per heavy atom. The van der Waals surface area contributed by atoms with Gasteiger partial charge in [-0.1, -0.05) is 26.2 Å². The molecule has 1 unspecified atom stereocenters. The highest BCUT2D eigenvalue weighted by atomic mass is 16.2. The van der Waals surface area contributed by atoms with Crippen molar-refractivity contribution >= 4 is 17.5 Å². The third-order valence-corrected chi connectivity index (χ3v) is 6.17. The molecule has 1 saturated carbocycles. The third kappa shape index (κ3) is 5.73. The highest BCUT2D eigenvalue weighted by Gasteiger charge is 2.22. The first-order valence-electron chi connectivity index (χ1n) is 10.9. The Morgan fingerprint density at radius 3 is 2.61 bits per heavy atom. The first-order valence-corrected chi connectivity index (χ1v) is 10.9. The minimum absolute atomic E-state index is 0.0347. The van der Waals surface area contributed by atoms with Crippen LogP contribution >= 0.6 is 0 Å². The molecule has 1 atom stereocenters. The quantitative estimate of drug-likeness (QED) is 0.779. The predicted molar refractivity (Wildman–Crippen MR) is 114 cm³/mol. The van der Waals surface area contributed by atoms with Crippen molar-refractivity contribution in [3.63, 3.8) is 0 Å². The van der Waals surface area contributed by atoms with E-state index >= 15 is 0 Å². The van der Waals surface area contributed by atoms with Gasteiger partial charge in [-0.05, 0) is 68.2 Å². The van der Waals surface area contributed by atoms with Gasteiger partial charge in [0.15, 0.2) is 0 Å². The normalized spacial score (nSPS) is 20.6. The Balaban J connectivity index is 1.48. The van der Waals surface area contributed by atoms with Crippen molar-refractivity contribution in [2.24, 2.45) is 11.8 Å². The van der Waals surface area contributed by atoms with E-state index in [2.05, 4.69) is 17.6 Å². The lowest BCUT2D eigenvalue weighted by Gasteiger charge is -2.31. The summed E-state index contributed by atoms with van der Waals surface area (Å²) in [6, 6.07) is 5.73. The van der Waals surface area contributed by atoms with Gasteiger partial charge in [0.2, 0.25) is 5.91 Å². The fourth-order valence-corrected chi connectivity index (χ4v) is 4.44. The largest absolute Gasteiger partial charge is 0.376 e. The molecule has 1 saturated heterocycles. The van der Waals surface area contributed by atoms with E-state index in [1.54, 1.807) is 0 Å². The molecule has 1 aromatic rings. The van der Waals surface area contributed by atoms with Gasteiger partial charge in [-0.2, -0.15) is 0 Å². The number of likely N-dealkylation sites (tertiary alicyclic amines) is 1. The molecule has 5 nitrogen and oxygen atoms in total. The fourth-order valence-electron chi connectivity index (χ4n) is 4.44. The van der Waals surface area contributed by atoms with Gasteiger partial charge in [0.1, 0.15) is 0 Å². The molecule has 2 fully saturated rings. The molecule has 3 rings (SSSR count). The average molecular weight is 386 g/mol. The lowest BCUT2D eigenvalue weighted by molar-refractivity contribution is -0.119. The van der Waals surface area contributed by atoms with E-state index in [1.807, 2.05) is 30.0 Å². The first kappa shape index (κ1) is 20.7. The topological polar surface area (TPSA) is 61.4 Å². The van der Waals surface area contributed by atoms with E-state index < -0.39 is 0 Å². The molecule has 5 heteroatoms. The summed E-state index contributed by atoms with van der Waals surface area (Å²) < 4.78 is 0. The van der Waals surface area contributed by atoms with E-state index in [1.165, 1.54) is 38.5 Å². The number of nitrogens with one attached hydrogen (secondary N) is 2. The Kier molecular flexibility index (Phi) is 7.35. The van der Waals surface area contributed by atoms with E-state index in [-0.39, 0.29) is 18.4 Å². The van der Waals surface area contributed by atoms with Crippen LogP contribution < -0.4 is 10.6 Å². The van der Waals surface area contributed by atoms with Crippen LogP contribution in [0.5, 0.6) is 0 Å². The van der Waals surface area contributed by atoms with Gasteiger partial charge < -0.3 is 15.5 Å². The third-order valence-electron chi connectivity index (χ3n) is 6.17. The predicted octanol–water partition coefficient (Wildman–Crippen LogP) is 3.98. The molecule has 28 heavy (non-hydrogen) atoms. The number of nitrogens with zero attached hydrogens (tertiary/aromatic N) is 1. The van der Waals surface area contributed by atoms with Crippen molar-refractivity contribution in [3.8, 4) is 0 Å². The first-order chi connectivity index (χ1) is 13.5. The zero-order valence-corrected chi connectivity index (χ0v) is 17.4. The number of anilines is 1. The lowest BCUT2D eigenvalue weighted by atomic mass is 9.89. The molecule has 2 amide bonds. The standard InChI is InChI=1S/C23H35N3O2/c1-17-7-6-12-26(16-17)23(28)20-10-11-21(18(2)13-20)24-15-22(27)25-14-19-8-4-3-5-9-19/h10-11,13,17,19,24H,3-9,12,14-16H2,1-2H3,(H,25,27). The van der Waals surface area contributed by atoms with Gasteiger partial charge >= 0.3 is 0 Å². The molecule has 1 heterocycles. The second kappa shape index (κ2) is 9.94. The van der Waals surface area contributed by atoms with Crippen LogP contribution in [-0.4, -0.2) is 42.9 Å². The molecule has 154 valence electrons. The van der Waals surface area contributed by atoms with Crippen LogP contribution in [0.25, 0.3) is 0 Å². The smallest absolute Gasteiger partial charge is 0.253 e. The SMILES string of the molecule is Cc1cc(C(=O)N2CCCC(C)C2)ccc1NCC(=O)NCC1CCCCC1. The van der Waals surface area contributed by atoms with Gasteiger partial charge in [-0.15, -0.1) is 0 Å². The Hall–Kier alpha value is -2.04. The molecule has 0 spiro atoms. The van der Waals surface area contributed by atoms with Crippen molar-refractivity contribution in [3.05, 3.63) is 29.3 Å². The van der Waals surface area contributed by atoms with Crippen LogP contribution in [0.15, 0.2) is 18.2 Å². The van der Waals surface area contributed by atoms with Gasteiger partial charge in [0.25, 0.3) is 5.91 Å². The lowest BCUT2D eigenvalue weighted by Crippen LogP contribution is -2.39. The van der Waals surface area contributed by atoms with Gasteiger partial charge in [0, 0.05) is 30.9 Å². The summed E-state index contributed by atoms with van der Waals surface area (Å²) in [5.41, 5.74) is 2.64. The monoisotopic (exact) mass is 385 g/mol. The van der Waals surface area contributed by atoms with Crippen LogP contribution in [0.1, 0.15) is 67.8 Å². The molecule has 0 aromatic heterocycles. The number of hydrogen-bond acceptors (Lipinski definition) is 3. The Bertz CT molecular complexity index is 682. The van der Waals surface area contributed by atoms with Gasteiger partial charge in [-0.25, -0.2) is 0 Å². The summed E-state index contributed by atoms with van der Waals surface area (Å²) in [6.45, 7) is 6.95. The summed E-state index contributed by atoms with van der Waals surface area (Å²) in [4.78, 5) is 26.9. The second-order valence-corrected chi connectivity index (χ2v) is 8.69. The van der Waals surface area contributed by atoms with Crippen LogP contribution in [-0.2, 0) is 4.79 Å². The van der Waals surface area contributed by atoms with Crippen LogP contribution in [0.4, 0.5) is 5.69 Å². The zero-order chi connectivity index (χ0) is 19.9. The minimum atomic E-state index is 0.0347. The summed E-state index contributed by atoms with van der Waals surface area (Å²) in [5, 5.41) is 6.27. The van der Waals surface area contributed by atoms with Crippen molar-refractivity contribution < 1.29 is 9.59 Å². The van der Waals surface area contributed by atoms with E-state index in [4.69, 9.17) is 0 Å². The molecule has 2 aliphatic rings. The molecule has 1 aliphatic carbocycles. The zero-order valence-electron chi connectivity index (χ0n) is 17.4. The molecular weight excluding hydrogens is 350 g/mol. The van der Waals surface area contributed by atoms with E-state index in [0.29, 0.717) is 11.8 Å². The highest BCUT2D eigenvalue weighted by Crippen LogP contribution is 2.23. The van der Waals surface area contributed by atoms with Crippen LogP contribution in [0, 0.1) is 18.8 Å². The van der Waals surface area contributed by atoms with Crippen molar-refractivity contribution in [2.45, 2.75) is 58.8 Å². The second-order valence-electron chi connectivity index (χ2n) is 8.69. The van der Waals surface area contributed by atoms with Gasteiger partial charge in [-0.3, -0.25) is 9.59 Å². The number of hydrogen-bond donors (Lipinski definition) is 2. The maximum Gasteiger partial charge on any atom is 0.253 e. The van der Waals surface area contributed by atoms with Crippen molar-refractivity contribution in [1.82, 2.24) is 10.2 Å². The van der Waals surface area contributed by atoms with Crippen molar-refractivity contribution in [1.29, 1.82) is 0 Å². The summed E-state index contributed by atoms with van der Waals surface area (Å²) >= 11 is 0. The number of amides is 2. The van der Waals surface area contributed by atoms with Crippen LogP contribution in [0.2, 0.25) is 0 Å². The van der Waals surface area contributed by atoms with Crippen LogP contribution in [0.3, 0.4) is 0 Å². The molecule has 1 aromatic carbocycles. The molecule has 0 radical (unpaired) electrons. The summed E-state index contributed by atoms with van der Waals surface area (Å²) in [6.07, 6.45) is 8.67. The number of rotatable bonds is 6. The number of carbonyl (C=O) groups is 2. The Labute approximate surface area is 169 Å². The average Bonchev–Trinajstić information content (AvgIpc) is 2.71. The molecule has 2 N–H and O–H groups in total. The summed E-state index contributed by atoms with van der Waals surface area (Å²) in [7, 11) is 0. The number of benzene rings is 1. The maximum atomic E-state index is 12.8.